The number of carbonyl (C=O) groups is 2. The van der Waals surface area contributed by atoms with Gasteiger partial charge in [0, 0.05) is 29.9 Å². The largest absolute Gasteiger partial charge is 0.481 e. The van der Waals surface area contributed by atoms with Crippen LogP contribution in [0.15, 0.2) is 16.9 Å². The first-order valence-electron chi connectivity index (χ1n) is 14.2. The molecule has 2 fully saturated rings. The Morgan fingerprint density at radius 3 is 2.59 bits per heavy atom. The minimum atomic E-state index is -0.761. The maximum absolute atomic E-state index is 14.7. The highest BCUT2D eigenvalue weighted by Gasteiger charge is 2.22. The van der Waals surface area contributed by atoms with Gasteiger partial charge in [0.2, 0.25) is 5.91 Å². The molecule has 1 aromatic carbocycles. The molecule has 1 saturated carbocycles. The van der Waals surface area contributed by atoms with E-state index < -0.39 is 17.3 Å². The molecular formula is C28H40FN5O4S. The number of anilines is 1. The number of aliphatic carboxylic acids is 1. The van der Waals surface area contributed by atoms with E-state index in [1.54, 1.807) is 17.8 Å². The second-order valence-corrected chi connectivity index (χ2v) is 12.0. The monoisotopic (exact) mass is 561 g/mol. The number of nitrogens with zero attached hydrogens (tertiary/aromatic N) is 2. The molecule has 1 aromatic heterocycles. The first-order valence-corrected chi connectivity index (χ1v) is 15.2. The number of carbonyl (C=O) groups excluding carboxylic acids is 1. The van der Waals surface area contributed by atoms with Gasteiger partial charge in [0.25, 0.3) is 5.56 Å². The van der Waals surface area contributed by atoms with Gasteiger partial charge in [-0.2, -0.15) is 11.8 Å². The number of carboxylic acids is 1. The average molecular weight is 562 g/mol. The second kappa shape index (κ2) is 14.6. The van der Waals surface area contributed by atoms with Gasteiger partial charge in [0.1, 0.15) is 17.0 Å². The van der Waals surface area contributed by atoms with Crippen molar-refractivity contribution in [3.05, 3.63) is 34.1 Å². The van der Waals surface area contributed by atoms with E-state index in [-0.39, 0.29) is 17.7 Å². The number of rotatable bonds is 14. The lowest BCUT2D eigenvalue weighted by molar-refractivity contribution is -0.137. The van der Waals surface area contributed by atoms with Crippen molar-refractivity contribution in [2.45, 2.75) is 87.7 Å². The Balaban J connectivity index is 1.18. The predicted octanol–water partition coefficient (Wildman–Crippen LogP) is 4.27. The highest BCUT2D eigenvalue weighted by Crippen LogP contribution is 2.27. The molecule has 11 heteroatoms. The zero-order valence-corrected chi connectivity index (χ0v) is 23.3. The zero-order chi connectivity index (χ0) is 27.6. The first kappa shape index (κ1) is 29.3. The fourth-order valence-electron chi connectivity index (χ4n) is 5.40. The average Bonchev–Trinajstić information content (AvgIpc) is 3.40. The van der Waals surface area contributed by atoms with Gasteiger partial charge in [-0.3, -0.25) is 19.3 Å². The highest BCUT2D eigenvalue weighted by atomic mass is 32.2. The normalized spacial score (nSPS) is 17.1. The molecule has 1 aliphatic carbocycles. The number of likely N-dealkylation sites (tertiary alicyclic amines) is 1. The van der Waals surface area contributed by atoms with E-state index in [2.05, 4.69) is 25.5 Å². The third-order valence-electron chi connectivity index (χ3n) is 7.53. The summed E-state index contributed by atoms with van der Waals surface area (Å²) in [6, 6.07) is 3.52. The van der Waals surface area contributed by atoms with E-state index >= 15 is 0 Å². The van der Waals surface area contributed by atoms with Crippen LogP contribution in [-0.2, 0) is 15.3 Å². The number of piperidine rings is 1. The molecular weight excluding hydrogens is 521 g/mol. The fourth-order valence-corrected chi connectivity index (χ4v) is 6.48. The molecule has 4 N–H and O–H groups in total. The van der Waals surface area contributed by atoms with Gasteiger partial charge in [-0.15, -0.1) is 0 Å². The van der Waals surface area contributed by atoms with Crippen LogP contribution in [-0.4, -0.2) is 69.3 Å². The van der Waals surface area contributed by atoms with Crippen molar-refractivity contribution >= 4 is 40.2 Å². The lowest BCUT2D eigenvalue weighted by Gasteiger charge is -2.31. The third-order valence-corrected chi connectivity index (χ3v) is 8.92. The van der Waals surface area contributed by atoms with Crippen LogP contribution in [0, 0.1) is 5.82 Å². The molecule has 0 unspecified atom stereocenters. The second-order valence-electron chi connectivity index (χ2n) is 10.7. The van der Waals surface area contributed by atoms with Crippen molar-refractivity contribution in [2.24, 2.45) is 0 Å². The SMILES string of the molecule is O=C(O)CCCCCCNC(=O)CN1CCC(SCc2nc3cc(NC4CCCC4)cc(F)c3c(=O)[nH]2)CC1. The van der Waals surface area contributed by atoms with Crippen LogP contribution in [0.5, 0.6) is 0 Å². The van der Waals surface area contributed by atoms with Gasteiger partial charge >= 0.3 is 5.97 Å². The van der Waals surface area contributed by atoms with Gasteiger partial charge < -0.3 is 20.7 Å². The summed E-state index contributed by atoms with van der Waals surface area (Å²) in [5, 5.41) is 15.4. The first-order chi connectivity index (χ1) is 18.9. The molecule has 0 spiro atoms. The Morgan fingerprint density at radius 2 is 1.85 bits per heavy atom. The minimum absolute atomic E-state index is 0.00509. The smallest absolute Gasteiger partial charge is 0.303 e. The summed E-state index contributed by atoms with van der Waals surface area (Å²) in [6.45, 7) is 2.68. The molecule has 1 aliphatic heterocycles. The van der Waals surface area contributed by atoms with Gasteiger partial charge in [0.15, 0.2) is 0 Å². The Bertz CT molecular complexity index is 1180. The number of carboxylic acid groups (broad SMARTS) is 1. The Hall–Kier alpha value is -2.66. The summed E-state index contributed by atoms with van der Waals surface area (Å²) in [5.74, 6) is -0.181. The number of unbranched alkanes of at least 4 members (excludes halogenated alkanes) is 3. The summed E-state index contributed by atoms with van der Waals surface area (Å²) < 4.78 is 14.7. The molecule has 1 saturated heterocycles. The van der Waals surface area contributed by atoms with E-state index in [4.69, 9.17) is 5.11 Å². The van der Waals surface area contributed by atoms with Crippen molar-refractivity contribution in [1.82, 2.24) is 20.2 Å². The summed E-state index contributed by atoms with van der Waals surface area (Å²) >= 11 is 1.74. The van der Waals surface area contributed by atoms with Gasteiger partial charge in [0.05, 0.1) is 17.8 Å². The van der Waals surface area contributed by atoms with Crippen molar-refractivity contribution in [3.63, 3.8) is 0 Å². The lowest BCUT2D eigenvalue weighted by atomic mass is 10.1. The molecule has 4 rings (SSSR count). The van der Waals surface area contributed by atoms with Gasteiger partial charge in [-0.25, -0.2) is 9.37 Å². The van der Waals surface area contributed by atoms with Crippen molar-refractivity contribution in [1.29, 1.82) is 0 Å². The molecule has 2 aromatic rings. The van der Waals surface area contributed by atoms with E-state index in [1.807, 2.05) is 0 Å². The maximum Gasteiger partial charge on any atom is 0.303 e. The molecule has 2 aliphatic rings. The van der Waals surface area contributed by atoms with Crippen molar-refractivity contribution in [2.75, 3.05) is 31.5 Å². The molecule has 214 valence electrons. The maximum atomic E-state index is 14.7. The lowest BCUT2D eigenvalue weighted by Crippen LogP contribution is -2.42. The number of hydrogen-bond donors (Lipinski definition) is 4. The minimum Gasteiger partial charge on any atom is -0.481 e. The number of H-pyrrole nitrogens is 1. The highest BCUT2D eigenvalue weighted by molar-refractivity contribution is 7.99. The molecule has 0 bridgehead atoms. The van der Waals surface area contributed by atoms with E-state index in [1.165, 1.54) is 18.9 Å². The number of halogens is 1. The summed E-state index contributed by atoms with van der Waals surface area (Å²) in [6.07, 6.45) is 9.93. The summed E-state index contributed by atoms with van der Waals surface area (Å²) in [4.78, 5) is 44.9. The standard InChI is InChI=1S/C28H40FN5O4S/c29-22-15-20(31-19-7-4-5-8-19)16-23-27(22)28(38)33-24(32-23)18-39-21-10-13-34(14-11-21)17-25(35)30-12-6-2-1-3-9-26(36)37/h15-16,19,21,31H,1-14,17-18H2,(H,30,35)(H,36,37)(H,32,33,38). The van der Waals surface area contributed by atoms with Crippen molar-refractivity contribution in [3.8, 4) is 0 Å². The number of hydrogen-bond acceptors (Lipinski definition) is 7. The molecule has 9 nitrogen and oxygen atoms in total. The van der Waals surface area contributed by atoms with Crippen LogP contribution in [0.4, 0.5) is 10.1 Å². The Labute approximate surface area is 232 Å². The Morgan fingerprint density at radius 1 is 1.10 bits per heavy atom. The van der Waals surface area contributed by atoms with E-state index in [0.29, 0.717) is 53.6 Å². The molecule has 39 heavy (non-hydrogen) atoms. The topological polar surface area (TPSA) is 127 Å². The Kier molecular flexibility index (Phi) is 11.0. The van der Waals surface area contributed by atoms with E-state index in [9.17, 15) is 18.8 Å². The molecule has 0 atom stereocenters. The number of nitrogens with one attached hydrogen (secondary N) is 3. The quantitative estimate of drug-likeness (QED) is 0.252. The number of aromatic amines is 1. The number of benzene rings is 1. The fraction of sp³-hybridized carbons (Fsp3) is 0.643. The molecule has 1 amide bonds. The van der Waals surface area contributed by atoms with Crippen LogP contribution in [0.2, 0.25) is 0 Å². The predicted molar refractivity (Wildman–Crippen MR) is 153 cm³/mol. The van der Waals surface area contributed by atoms with Crippen LogP contribution < -0.4 is 16.2 Å². The zero-order valence-electron chi connectivity index (χ0n) is 22.5. The number of aromatic nitrogens is 2. The number of fused-ring (bicyclic) bond motifs is 1. The number of thioether (sulfide) groups is 1. The summed E-state index contributed by atoms with van der Waals surface area (Å²) in [7, 11) is 0. The molecule has 0 radical (unpaired) electrons. The van der Waals surface area contributed by atoms with Gasteiger partial charge in [-0.1, -0.05) is 25.7 Å². The van der Waals surface area contributed by atoms with E-state index in [0.717, 1.165) is 58.0 Å². The van der Waals surface area contributed by atoms with Crippen molar-refractivity contribution < 1.29 is 19.1 Å². The van der Waals surface area contributed by atoms with Crippen LogP contribution >= 0.6 is 11.8 Å². The third kappa shape index (κ3) is 9.20. The van der Waals surface area contributed by atoms with Crippen LogP contribution in [0.25, 0.3) is 10.9 Å². The van der Waals surface area contributed by atoms with Crippen LogP contribution in [0.1, 0.15) is 76.5 Å². The van der Waals surface area contributed by atoms with Gasteiger partial charge in [-0.05, 0) is 63.7 Å². The summed E-state index contributed by atoms with van der Waals surface area (Å²) in [5.41, 5.74) is 0.619. The van der Waals surface area contributed by atoms with Crippen LogP contribution in [0.3, 0.4) is 0 Å². The number of amides is 1. The molecule has 2 heterocycles.